The summed E-state index contributed by atoms with van der Waals surface area (Å²) < 4.78 is 4.96. The molecule has 0 radical (unpaired) electrons. The molecule has 1 amide bonds. The maximum Gasteiger partial charge on any atom is 0.349 e. The number of nitrogens with one attached hydrogen (secondary N) is 1. The van der Waals surface area contributed by atoms with Crippen LogP contribution in [0.1, 0.15) is 6.92 Å². The van der Waals surface area contributed by atoms with Crippen LogP contribution in [0.3, 0.4) is 0 Å². The third kappa shape index (κ3) is 13.0. The summed E-state index contributed by atoms with van der Waals surface area (Å²) in [6.07, 6.45) is 0. The van der Waals surface area contributed by atoms with Gasteiger partial charge in [-0.25, -0.2) is 0 Å². The van der Waals surface area contributed by atoms with Crippen LogP contribution in [0.5, 0.6) is 0 Å². The SMILES string of the molecule is C=C.CCOCC(=O)NB(P)I. The van der Waals surface area contributed by atoms with Gasteiger partial charge in [0.1, 0.15) is 6.61 Å². The lowest BCUT2D eigenvalue weighted by Gasteiger charge is -2.03. The Kier molecular flexibility index (Phi) is 14.1. The molecule has 6 heteroatoms. The van der Waals surface area contributed by atoms with Crippen LogP contribution in [0, 0.1) is 0 Å². The van der Waals surface area contributed by atoms with Gasteiger partial charge in [0, 0.05) is 6.61 Å². The number of hydrogen-bond donors (Lipinski definition) is 1. The third-order valence-electron chi connectivity index (χ3n) is 0.736. The summed E-state index contributed by atoms with van der Waals surface area (Å²) in [5, 5.41) is 2.66. The van der Waals surface area contributed by atoms with Crippen molar-refractivity contribution in [2.24, 2.45) is 0 Å². The molecule has 0 aromatic rings. The molecule has 0 aliphatic rings. The number of halogens is 1. The minimum atomic E-state index is -0.0729. The summed E-state index contributed by atoms with van der Waals surface area (Å²) in [5.74, 6) is -0.0729. The zero-order valence-corrected chi connectivity index (χ0v) is 10.5. The molecular formula is C6H14BINO2P. The molecule has 0 bridgehead atoms. The Morgan fingerprint density at radius 3 is 2.58 bits per heavy atom. The highest BCUT2D eigenvalue weighted by atomic mass is 127. The minimum Gasteiger partial charge on any atom is -0.384 e. The first kappa shape index (κ1) is 14.9. The summed E-state index contributed by atoms with van der Waals surface area (Å²) in [4.78, 5) is 10.8. The van der Waals surface area contributed by atoms with Gasteiger partial charge in [-0.2, -0.15) is 0 Å². The Morgan fingerprint density at radius 1 is 1.75 bits per heavy atom. The van der Waals surface area contributed by atoms with Crippen LogP contribution in [-0.4, -0.2) is 23.5 Å². The van der Waals surface area contributed by atoms with Gasteiger partial charge >= 0.3 is 4.42 Å². The van der Waals surface area contributed by atoms with E-state index in [-0.39, 0.29) is 16.9 Å². The normalized spacial score (nSPS) is 7.92. The average Bonchev–Trinajstić information content (AvgIpc) is 2.03. The van der Waals surface area contributed by atoms with Crippen molar-refractivity contribution in [1.29, 1.82) is 0 Å². The second-order valence-electron chi connectivity index (χ2n) is 1.61. The van der Waals surface area contributed by atoms with Crippen molar-refractivity contribution in [2.45, 2.75) is 6.92 Å². The van der Waals surface area contributed by atoms with Gasteiger partial charge in [-0.3, -0.25) is 4.79 Å². The lowest BCUT2D eigenvalue weighted by Crippen LogP contribution is -2.33. The van der Waals surface area contributed by atoms with E-state index >= 15 is 0 Å². The molecular weight excluding hydrogens is 287 g/mol. The first-order chi connectivity index (χ1) is 5.66. The largest absolute Gasteiger partial charge is 0.384 e. The van der Waals surface area contributed by atoms with Gasteiger partial charge in [0.25, 0.3) is 0 Å². The maximum atomic E-state index is 10.8. The van der Waals surface area contributed by atoms with Gasteiger partial charge in [0.05, 0.1) is 0 Å². The number of amides is 1. The fraction of sp³-hybridized carbons (Fsp3) is 0.500. The van der Waals surface area contributed by atoms with Crippen molar-refractivity contribution in [3.63, 3.8) is 0 Å². The van der Waals surface area contributed by atoms with Gasteiger partial charge < -0.3 is 9.96 Å². The molecule has 1 atom stereocenters. The molecule has 70 valence electrons. The summed E-state index contributed by atoms with van der Waals surface area (Å²) in [5.41, 5.74) is 0. The van der Waals surface area contributed by atoms with E-state index in [0.29, 0.717) is 6.61 Å². The number of ether oxygens (including phenoxy) is 1. The maximum absolute atomic E-state index is 10.8. The Morgan fingerprint density at radius 2 is 2.25 bits per heavy atom. The monoisotopic (exact) mass is 301 g/mol. The Labute approximate surface area is 89.8 Å². The van der Waals surface area contributed by atoms with Crippen molar-refractivity contribution in [3.05, 3.63) is 13.2 Å². The molecule has 12 heavy (non-hydrogen) atoms. The van der Waals surface area contributed by atoms with Crippen LogP contribution in [-0.2, 0) is 9.53 Å². The average molecular weight is 301 g/mol. The van der Waals surface area contributed by atoms with Crippen molar-refractivity contribution in [1.82, 2.24) is 5.23 Å². The molecule has 0 rings (SSSR count). The van der Waals surface area contributed by atoms with Crippen molar-refractivity contribution < 1.29 is 9.53 Å². The summed E-state index contributed by atoms with van der Waals surface area (Å²) in [7, 11) is 2.47. The Balaban J connectivity index is 0. The van der Waals surface area contributed by atoms with Gasteiger partial charge in [0.2, 0.25) is 5.91 Å². The number of carbonyl (C=O) groups is 1. The van der Waals surface area contributed by atoms with Gasteiger partial charge in [0.15, 0.2) is 0 Å². The highest BCUT2D eigenvalue weighted by Gasteiger charge is 2.06. The zero-order valence-electron chi connectivity index (χ0n) is 7.18. The zero-order chi connectivity index (χ0) is 9.98. The molecule has 0 aromatic carbocycles. The molecule has 0 heterocycles. The smallest absolute Gasteiger partial charge is 0.349 e. The van der Waals surface area contributed by atoms with E-state index in [1.165, 1.54) is 0 Å². The first-order valence-electron chi connectivity index (χ1n) is 3.43. The van der Waals surface area contributed by atoms with E-state index < -0.39 is 0 Å². The summed E-state index contributed by atoms with van der Waals surface area (Å²) in [6.45, 7) is 8.59. The molecule has 1 unspecified atom stereocenters. The second kappa shape index (κ2) is 11.4. The standard InChI is InChI=1S/C4H10BINO2P.C2H4/c1-2-9-3-4(8)7-5(6)10;1-2/h2-3,10H2,1H3,(H,7,8);1-2H2. The molecule has 1 N–H and O–H groups in total. The van der Waals surface area contributed by atoms with E-state index in [4.69, 9.17) is 4.74 Å². The van der Waals surface area contributed by atoms with E-state index in [1.807, 2.05) is 6.92 Å². The lowest BCUT2D eigenvalue weighted by molar-refractivity contribution is -0.123. The fourth-order valence-corrected chi connectivity index (χ4v) is 0.923. The van der Waals surface area contributed by atoms with Crippen LogP contribution >= 0.6 is 31.5 Å². The van der Waals surface area contributed by atoms with Crippen LogP contribution in [0.25, 0.3) is 0 Å². The van der Waals surface area contributed by atoms with Gasteiger partial charge in [-0.1, -0.05) is 0 Å². The minimum absolute atomic E-state index is 0.0729. The Hall–Kier alpha value is 0.395. The van der Waals surface area contributed by atoms with E-state index in [2.05, 4.69) is 49.9 Å². The summed E-state index contributed by atoms with van der Waals surface area (Å²) >= 11 is 2.08. The molecule has 3 nitrogen and oxygen atoms in total. The molecule has 0 aliphatic carbocycles. The fourth-order valence-electron chi connectivity index (χ4n) is 0.390. The molecule has 0 aromatic heterocycles. The van der Waals surface area contributed by atoms with Crippen molar-refractivity contribution >= 4 is 41.8 Å². The predicted octanol–water partition coefficient (Wildman–Crippen LogP) is 1.24. The van der Waals surface area contributed by atoms with E-state index in [0.717, 1.165) is 0 Å². The van der Waals surface area contributed by atoms with Crippen LogP contribution in [0.4, 0.5) is 0 Å². The first-order valence-corrected chi connectivity index (χ1v) is 5.34. The lowest BCUT2D eigenvalue weighted by atomic mass is 10.4. The molecule has 0 fully saturated rings. The van der Waals surface area contributed by atoms with E-state index in [1.54, 1.807) is 0 Å². The van der Waals surface area contributed by atoms with Crippen molar-refractivity contribution in [3.8, 4) is 0 Å². The number of rotatable bonds is 4. The predicted molar refractivity (Wildman–Crippen MR) is 65.4 cm³/mol. The third-order valence-corrected chi connectivity index (χ3v) is 1.21. The Bertz CT molecular complexity index is 126. The second-order valence-corrected chi connectivity index (χ2v) is 4.97. The van der Waals surface area contributed by atoms with Crippen LogP contribution < -0.4 is 5.23 Å². The van der Waals surface area contributed by atoms with Gasteiger partial charge in [-0.15, -0.1) is 44.7 Å². The molecule has 0 saturated carbocycles. The number of hydrogen-bond acceptors (Lipinski definition) is 2. The van der Waals surface area contributed by atoms with Gasteiger partial charge in [-0.05, 0) is 6.92 Å². The summed E-state index contributed by atoms with van der Waals surface area (Å²) in [6, 6.07) is 0. The molecule has 0 aliphatic heterocycles. The van der Waals surface area contributed by atoms with Crippen LogP contribution in [0.15, 0.2) is 13.2 Å². The van der Waals surface area contributed by atoms with Crippen LogP contribution in [0.2, 0.25) is 0 Å². The van der Waals surface area contributed by atoms with E-state index in [9.17, 15) is 4.79 Å². The topological polar surface area (TPSA) is 38.3 Å². The highest BCUT2D eigenvalue weighted by molar-refractivity contribution is 14.1. The van der Waals surface area contributed by atoms with Crippen molar-refractivity contribution in [2.75, 3.05) is 13.2 Å². The molecule has 0 spiro atoms. The number of carbonyl (C=O) groups excluding carboxylic acids is 1. The highest BCUT2D eigenvalue weighted by Crippen LogP contribution is 1.97. The quantitative estimate of drug-likeness (QED) is 0.367. The molecule has 0 saturated heterocycles.